The molecule has 0 bridgehead atoms. The van der Waals surface area contributed by atoms with Crippen molar-refractivity contribution in [2.45, 2.75) is 26.2 Å². The van der Waals surface area contributed by atoms with Gasteiger partial charge < -0.3 is 19.7 Å². The number of likely N-dealkylation sites (N-methyl/N-ethyl adjacent to an activating group) is 1. The number of para-hydroxylation sites is 1. The quantitative estimate of drug-likeness (QED) is 0.716. The summed E-state index contributed by atoms with van der Waals surface area (Å²) in [5.74, 6) is 1.23. The Morgan fingerprint density at radius 2 is 1.79 bits per heavy atom. The number of rotatable bonds is 9. The number of hydrogen-bond acceptors (Lipinski definition) is 4. The van der Waals surface area contributed by atoms with Crippen LogP contribution in [0, 0.1) is 0 Å². The van der Waals surface area contributed by atoms with Gasteiger partial charge in [0.2, 0.25) is 5.91 Å². The van der Waals surface area contributed by atoms with E-state index in [1.807, 2.05) is 24.3 Å². The maximum absolute atomic E-state index is 12.3. The average molecular weight is 384 g/mol. The van der Waals surface area contributed by atoms with Crippen LogP contribution in [0.2, 0.25) is 0 Å². The normalized spacial score (nSPS) is 11.4. The first-order valence-corrected chi connectivity index (χ1v) is 9.34. The van der Waals surface area contributed by atoms with E-state index in [0.29, 0.717) is 23.1 Å². The summed E-state index contributed by atoms with van der Waals surface area (Å²) < 4.78 is 10.8. The maximum Gasteiger partial charge on any atom is 0.260 e. The molecule has 1 atom stereocenters. The van der Waals surface area contributed by atoms with E-state index in [2.05, 4.69) is 19.2 Å². The summed E-state index contributed by atoms with van der Waals surface area (Å²) in [4.78, 5) is 25.9. The van der Waals surface area contributed by atoms with Crippen LogP contribution in [0.4, 0.5) is 5.69 Å². The van der Waals surface area contributed by atoms with Gasteiger partial charge in [0.05, 0.1) is 13.7 Å². The van der Waals surface area contributed by atoms with Crippen LogP contribution >= 0.6 is 0 Å². The summed E-state index contributed by atoms with van der Waals surface area (Å²) in [6.07, 6.45) is 0.986. The van der Waals surface area contributed by atoms with Crippen molar-refractivity contribution in [3.8, 4) is 11.5 Å². The van der Waals surface area contributed by atoms with Gasteiger partial charge in [0.25, 0.3) is 5.91 Å². The molecule has 6 heteroatoms. The lowest BCUT2D eigenvalue weighted by atomic mass is 9.98. The van der Waals surface area contributed by atoms with Gasteiger partial charge in [-0.15, -0.1) is 0 Å². The van der Waals surface area contributed by atoms with Crippen molar-refractivity contribution in [2.24, 2.45) is 0 Å². The minimum Gasteiger partial charge on any atom is -0.497 e. The molecule has 0 saturated heterocycles. The number of carbonyl (C=O) groups excluding carboxylic acids is 2. The highest BCUT2D eigenvalue weighted by Gasteiger charge is 2.16. The maximum atomic E-state index is 12.3. The van der Waals surface area contributed by atoms with E-state index in [1.54, 1.807) is 38.4 Å². The molecule has 2 aromatic rings. The molecule has 0 heterocycles. The van der Waals surface area contributed by atoms with Crippen LogP contribution in [-0.4, -0.2) is 44.0 Å². The molecule has 0 aliphatic rings. The Kier molecular flexibility index (Phi) is 7.87. The van der Waals surface area contributed by atoms with Crippen molar-refractivity contribution < 1.29 is 19.1 Å². The lowest BCUT2D eigenvalue weighted by Gasteiger charge is -2.19. The molecule has 2 amide bonds. The SMILES string of the molecule is CCC(C)c1ccccc1OCC(=O)N(C)CC(=O)Nc1ccc(OC)cc1. The first-order valence-electron chi connectivity index (χ1n) is 9.34. The number of ether oxygens (including phenoxy) is 2. The lowest BCUT2D eigenvalue weighted by molar-refractivity contribution is -0.135. The molecule has 0 radical (unpaired) electrons. The number of carbonyl (C=O) groups is 2. The van der Waals surface area contributed by atoms with E-state index in [4.69, 9.17) is 9.47 Å². The third-order valence-corrected chi connectivity index (χ3v) is 4.59. The number of nitrogens with zero attached hydrogens (tertiary/aromatic N) is 1. The second kappa shape index (κ2) is 10.3. The molecular formula is C22H28N2O4. The number of benzene rings is 2. The molecule has 0 saturated carbocycles. The molecular weight excluding hydrogens is 356 g/mol. The summed E-state index contributed by atoms with van der Waals surface area (Å²) in [5.41, 5.74) is 1.73. The number of anilines is 1. The Hall–Kier alpha value is -3.02. The third-order valence-electron chi connectivity index (χ3n) is 4.59. The first-order chi connectivity index (χ1) is 13.4. The van der Waals surface area contributed by atoms with E-state index in [1.165, 1.54) is 4.90 Å². The van der Waals surface area contributed by atoms with E-state index >= 15 is 0 Å². The van der Waals surface area contributed by atoms with Crippen LogP contribution in [-0.2, 0) is 9.59 Å². The Morgan fingerprint density at radius 1 is 1.11 bits per heavy atom. The zero-order chi connectivity index (χ0) is 20.5. The fourth-order valence-corrected chi connectivity index (χ4v) is 2.67. The van der Waals surface area contributed by atoms with Crippen LogP contribution in [0.25, 0.3) is 0 Å². The second-order valence-electron chi connectivity index (χ2n) is 6.66. The third kappa shape index (κ3) is 6.01. The van der Waals surface area contributed by atoms with Crippen LogP contribution in [0.5, 0.6) is 11.5 Å². The number of nitrogens with one attached hydrogen (secondary N) is 1. The smallest absolute Gasteiger partial charge is 0.260 e. The van der Waals surface area contributed by atoms with Crippen molar-refractivity contribution in [1.82, 2.24) is 4.90 Å². The standard InChI is InChI=1S/C22H28N2O4/c1-5-16(2)19-8-6-7-9-20(19)28-15-22(26)24(3)14-21(25)23-17-10-12-18(27-4)13-11-17/h6-13,16H,5,14-15H2,1-4H3,(H,23,25). The zero-order valence-corrected chi connectivity index (χ0v) is 16.9. The molecule has 1 unspecified atom stereocenters. The number of hydrogen-bond donors (Lipinski definition) is 1. The summed E-state index contributed by atoms with van der Waals surface area (Å²) in [7, 11) is 3.16. The minimum atomic E-state index is -0.277. The highest BCUT2D eigenvalue weighted by atomic mass is 16.5. The predicted molar refractivity (Wildman–Crippen MR) is 110 cm³/mol. The molecule has 0 aliphatic carbocycles. The van der Waals surface area contributed by atoms with Gasteiger partial charge in [-0.05, 0) is 48.2 Å². The molecule has 2 aromatic carbocycles. The van der Waals surface area contributed by atoms with Gasteiger partial charge in [-0.25, -0.2) is 0 Å². The van der Waals surface area contributed by atoms with Gasteiger partial charge in [0.1, 0.15) is 11.5 Å². The van der Waals surface area contributed by atoms with Gasteiger partial charge >= 0.3 is 0 Å². The zero-order valence-electron chi connectivity index (χ0n) is 16.9. The molecule has 1 N–H and O–H groups in total. The van der Waals surface area contributed by atoms with Crippen molar-refractivity contribution in [3.05, 3.63) is 54.1 Å². The van der Waals surface area contributed by atoms with E-state index in [9.17, 15) is 9.59 Å². The Labute approximate surface area is 166 Å². The second-order valence-corrected chi connectivity index (χ2v) is 6.66. The fraction of sp³-hybridized carbons (Fsp3) is 0.364. The highest BCUT2D eigenvalue weighted by Crippen LogP contribution is 2.28. The van der Waals surface area contributed by atoms with Crippen LogP contribution in [0.1, 0.15) is 31.7 Å². The Bertz CT molecular complexity index is 789. The van der Waals surface area contributed by atoms with Crippen molar-refractivity contribution >= 4 is 17.5 Å². The van der Waals surface area contributed by atoms with Gasteiger partial charge in [0.15, 0.2) is 6.61 Å². The summed E-state index contributed by atoms with van der Waals surface area (Å²) >= 11 is 0. The van der Waals surface area contributed by atoms with Crippen LogP contribution in [0.15, 0.2) is 48.5 Å². The lowest BCUT2D eigenvalue weighted by Crippen LogP contribution is -2.37. The summed E-state index contributed by atoms with van der Waals surface area (Å²) in [5, 5.41) is 2.76. The molecule has 0 fully saturated rings. The molecule has 150 valence electrons. The van der Waals surface area contributed by atoms with Crippen LogP contribution < -0.4 is 14.8 Å². The Balaban J connectivity index is 1.86. The van der Waals surface area contributed by atoms with Gasteiger partial charge in [-0.1, -0.05) is 32.0 Å². The minimum absolute atomic E-state index is 0.0543. The van der Waals surface area contributed by atoms with Gasteiger partial charge in [-0.3, -0.25) is 9.59 Å². The summed E-state index contributed by atoms with van der Waals surface area (Å²) in [6, 6.07) is 14.7. The number of methoxy groups -OCH3 is 1. The van der Waals surface area contributed by atoms with Crippen molar-refractivity contribution in [3.63, 3.8) is 0 Å². The van der Waals surface area contributed by atoms with E-state index in [0.717, 1.165) is 12.0 Å². The highest BCUT2D eigenvalue weighted by molar-refractivity contribution is 5.94. The molecule has 0 aliphatic heterocycles. The average Bonchev–Trinajstić information content (AvgIpc) is 2.72. The summed E-state index contributed by atoms with van der Waals surface area (Å²) in [6.45, 7) is 4.07. The molecule has 2 rings (SSSR count). The monoisotopic (exact) mass is 384 g/mol. The van der Waals surface area contributed by atoms with Gasteiger partial charge in [0, 0.05) is 12.7 Å². The fourth-order valence-electron chi connectivity index (χ4n) is 2.67. The predicted octanol–water partition coefficient (Wildman–Crippen LogP) is 3.68. The van der Waals surface area contributed by atoms with Crippen molar-refractivity contribution in [1.29, 1.82) is 0 Å². The van der Waals surface area contributed by atoms with E-state index in [-0.39, 0.29) is 25.0 Å². The molecule has 28 heavy (non-hydrogen) atoms. The Morgan fingerprint density at radius 3 is 2.43 bits per heavy atom. The molecule has 0 aromatic heterocycles. The van der Waals surface area contributed by atoms with Crippen molar-refractivity contribution in [2.75, 3.05) is 32.6 Å². The van der Waals surface area contributed by atoms with E-state index < -0.39 is 0 Å². The topological polar surface area (TPSA) is 67.9 Å². The first kappa shape index (κ1) is 21.3. The van der Waals surface area contributed by atoms with Gasteiger partial charge in [-0.2, -0.15) is 0 Å². The largest absolute Gasteiger partial charge is 0.497 e. The van der Waals surface area contributed by atoms with Crippen LogP contribution in [0.3, 0.4) is 0 Å². The molecule has 0 spiro atoms. The number of amides is 2. The molecule has 6 nitrogen and oxygen atoms in total.